The van der Waals surface area contributed by atoms with Crippen LogP contribution in [0.4, 0.5) is 0 Å². The van der Waals surface area contributed by atoms with Crippen LogP contribution >= 0.6 is 0 Å². The molecule has 3 heteroatoms. The predicted octanol–water partition coefficient (Wildman–Crippen LogP) is 4.78. The third-order valence-corrected chi connectivity index (χ3v) is 3.27. The van der Waals surface area contributed by atoms with Gasteiger partial charge >= 0.3 is 5.97 Å². The third-order valence-electron chi connectivity index (χ3n) is 3.27. The van der Waals surface area contributed by atoms with Crippen molar-refractivity contribution in [3.05, 3.63) is 59.2 Å². The molecule has 0 aliphatic carbocycles. The van der Waals surface area contributed by atoms with Crippen LogP contribution in [0.25, 0.3) is 0 Å². The second-order valence-electron chi connectivity index (χ2n) is 6.18. The van der Waals surface area contributed by atoms with Gasteiger partial charge in [-0.2, -0.15) is 0 Å². The largest absolute Gasteiger partial charge is 0.478 e. The van der Waals surface area contributed by atoms with E-state index in [-0.39, 0.29) is 11.0 Å². The van der Waals surface area contributed by atoms with Gasteiger partial charge < -0.3 is 9.84 Å². The van der Waals surface area contributed by atoms with Gasteiger partial charge in [0.1, 0.15) is 11.5 Å². The maximum absolute atomic E-state index is 10.9. The molecule has 0 saturated heterocycles. The number of carboxylic acid groups (broad SMARTS) is 1. The van der Waals surface area contributed by atoms with E-state index in [2.05, 4.69) is 32.9 Å². The van der Waals surface area contributed by atoms with Gasteiger partial charge in [0.05, 0.1) is 5.56 Å². The summed E-state index contributed by atoms with van der Waals surface area (Å²) in [4.78, 5) is 10.9. The minimum absolute atomic E-state index is 0.0238. The molecule has 0 fully saturated rings. The normalized spacial score (nSPS) is 11.2. The molecule has 0 aromatic heterocycles. The zero-order valence-electron chi connectivity index (χ0n) is 12.8. The molecule has 3 nitrogen and oxygen atoms in total. The summed E-state index contributed by atoms with van der Waals surface area (Å²) in [7, 11) is 0. The Morgan fingerprint density at radius 3 is 2.19 bits per heavy atom. The van der Waals surface area contributed by atoms with Crippen molar-refractivity contribution in [2.45, 2.75) is 33.1 Å². The van der Waals surface area contributed by atoms with Crippen molar-refractivity contribution >= 4 is 5.97 Å². The number of benzene rings is 2. The SMILES string of the molecule is Cc1ccc(C(C)(C)C)c(Oc2ccc(C(=O)O)cc2)c1. The Labute approximate surface area is 125 Å². The summed E-state index contributed by atoms with van der Waals surface area (Å²) in [6.07, 6.45) is 0. The number of hydrogen-bond acceptors (Lipinski definition) is 2. The highest BCUT2D eigenvalue weighted by Crippen LogP contribution is 2.34. The van der Waals surface area contributed by atoms with Crippen molar-refractivity contribution in [2.75, 3.05) is 0 Å². The summed E-state index contributed by atoms with van der Waals surface area (Å²) in [6.45, 7) is 8.43. The Morgan fingerprint density at radius 1 is 1.05 bits per heavy atom. The van der Waals surface area contributed by atoms with Gasteiger partial charge in [0.15, 0.2) is 0 Å². The predicted molar refractivity (Wildman–Crippen MR) is 83.4 cm³/mol. The van der Waals surface area contributed by atoms with E-state index in [0.29, 0.717) is 5.75 Å². The maximum Gasteiger partial charge on any atom is 0.335 e. The molecule has 2 aromatic rings. The van der Waals surface area contributed by atoms with Gasteiger partial charge in [-0.05, 0) is 48.2 Å². The monoisotopic (exact) mass is 284 g/mol. The fourth-order valence-corrected chi connectivity index (χ4v) is 2.13. The van der Waals surface area contributed by atoms with Crippen LogP contribution in [0.1, 0.15) is 42.3 Å². The molecule has 0 spiro atoms. The average molecular weight is 284 g/mol. The number of carbonyl (C=O) groups is 1. The molecule has 0 bridgehead atoms. The lowest BCUT2D eigenvalue weighted by molar-refractivity contribution is 0.0697. The molecule has 21 heavy (non-hydrogen) atoms. The minimum Gasteiger partial charge on any atom is -0.478 e. The summed E-state index contributed by atoms with van der Waals surface area (Å²) >= 11 is 0. The molecule has 2 rings (SSSR count). The summed E-state index contributed by atoms with van der Waals surface area (Å²) in [6, 6.07) is 12.6. The first-order valence-corrected chi connectivity index (χ1v) is 6.90. The number of aryl methyl sites for hydroxylation is 1. The topological polar surface area (TPSA) is 46.5 Å². The van der Waals surface area contributed by atoms with Gasteiger partial charge in [0, 0.05) is 5.56 Å². The van der Waals surface area contributed by atoms with Crippen LogP contribution in [-0.4, -0.2) is 11.1 Å². The number of carboxylic acids is 1. The van der Waals surface area contributed by atoms with E-state index < -0.39 is 5.97 Å². The van der Waals surface area contributed by atoms with Gasteiger partial charge in [-0.3, -0.25) is 0 Å². The molecule has 0 saturated carbocycles. The molecule has 0 atom stereocenters. The lowest BCUT2D eigenvalue weighted by Crippen LogP contribution is -2.12. The van der Waals surface area contributed by atoms with Crippen LogP contribution in [0.5, 0.6) is 11.5 Å². The number of rotatable bonds is 3. The summed E-state index contributed by atoms with van der Waals surface area (Å²) in [5.41, 5.74) is 2.47. The van der Waals surface area contributed by atoms with Crippen molar-refractivity contribution in [1.82, 2.24) is 0 Å². The summed E-state index contributed by atoms with van der Waals surface area (Å²) < 4.78 is 5.96. The molecule has 0 heterocycles. The van der Waals surface area contributed by atoms with Crippen molar-refractivity contribution in [1.29, 1.82) is 0 Å². The lowest BCUT2D eigenvalue weighted by atomic mass is 9.86. The second kappa shape index (κ2) is 5.60. The quantitative estimate of drug-likeness (QED) is 0.882. The first-order valence-electron chi connectivity index (χ1n) is 6.90. The van der Waals surface area contributed by atoms with Gasteiger partial charge in [-0.1, -0.05) is 32.9 Å². The number of aromatic carboxylic acids is 1. The van der Waals surface area contributed by atoms with E-state index in [1.807, 2.05) is 13.0 Å². The van der Waals surface area contributed by atoms with E-state index in [0.717, 1.165) is 16.9 Å². The minimum atomic E-state index is -0.938. The Balaban J connectivity index is 2.34. The number of ether oxygens (including phenoxy) is 1. The van der Waals surface area contributed by atoms with Crippen LogP contribution < -0.4 is 4.74 Å². The average Bonchev–Trinajstić information content (AvgIpc) is 2.38. The molecule has 110 valence electrons. The van der Waals surface area contributed by atoms with E-state index >= 15 is 0 Å². The highest BCUT2D eigenvalue weighted by Gasteiger charge is 2.19. The fourth-order valence-electron chi connectivity index (χ4n) is 2.13. The molecule has 1 N–H and O–H groups in total. The molecular formula is C18H20O3. The van der Waals surface area contributed by atoms with E-state index in [9.17, 15) is 4.79 Å². The van der Waals surface area contributed by atoms with Gasteiger partial charge in [-0.15, -0.1) is 0 Å². The zero-order valence-corrected chi connectivity index (χ0v) is 12.8. The Hall–Kier alpha value is -2.29. The van der Waals surface area contributed by atoms with E-state index in [4.69, 9.17) is 9.84 Å². The first-order chi connectivity index (χ1) is 9.77. The summed E-state index contributed by atoms with van der Waals surface area (Å²) in [5.74, 6) is 0.508. The Kier molecular flexibility index (Phi) is 4.03. The van der Waals surface area contributed by atoms with E-state index in [1.165, 1.54) is 0 Å². The molecule has 0 aliphatic heterocycles. The lowest BCUT2D eigenvalue weighted by Gasteiger charge is -2.23. The van der Waals surface area contributed by atoms with Crippen molar-refractivity contribution < 1.29 is 14.6 Å². The molecular weight excluding hydrogens is 264 g/mol. The Morgan fingerprint density at radius 2 is 1.67 bits per heavy atom. The fraction of sp³-hybridized carbons (Fsp3) is 0.278. The zero-order chi connectivity index (χ0) is 15.6. The van der Waals surface area contributed by atoms with Gasteiger partial charge in [0.2, 0.25) is 0 Å². The Bertz CT molecular complexity index is 649. The van der Waals surface area contributed by atoms with Gasteiger partial charge in [-0.25, -0.2) is 4.79 Å². The first kappa shape index (κ1) is 15.1. The molecule has 0 unspecified atom stereocenters. The smallest absolute Gasteiger partial charge is 0.335 e. The third kappa shape index (κ3) is 3.63. The molecule has 2 aromatic carbocycles. The van der Waals surface area contributed by atoms with Crippen LogP contribution in [0.3, 0.4) is 0 Å². The maximum atomic E-state index is 10.9. The van der Waals surface area contributed by atoms with Gasteiger partial charge in [0.25, 0.3) is 0 Å². The van der Waals surface area contributed by atoms with Crippen LogP contribution in [-0.2, 0) is 5.41 Å². The second-order valence-corrected chi connectivity index (χ2v) is 6.18. The molecule has 0 aliphatic rings. The van der Waals surface area contributed by atoms with Crippen molar-refractivity contribution in [3.8, 4) is 11.5 Å². The van der Waals surface area contributed by atoms with Crippen molar-refractivity contribution in [2.24, 2.45) is 0 Å². The highest BCUT2D eigenvalue weighted by molar-refractivity contribution is 5.87. The van der Waals surface area contributed by atoms with Crippen LogP contribution in [0.15, 0.2) is 42.5 Å². The van der Waals surface area contributed by atoms with E-state index in [1.54, 1.807) is 24.3 Å². The standard InChI is InChI=1S/C18H20O3/c1-12-5-10-15(18(2,3)4)16(11-12)21-14-8-6-13(7-9-14)17(19)20/h5-11H,1-4H3,(H,19,20). The molecule has 0 amide bonds. The van der Waals surface area contributed by atoms with Crippen molar-refractivity contribution in [3.63, 3.8) is 0 Å². The van der Waals surface area contributed by atoms with Crippen LogP contribution in [0, 0.1) is 6.92 Å². The molecule has 0 radical (unpaired) electrons. The number of hydrogen-bond donors (Lipinski definition) is 1. The highest BCUT2D eigenvalue weighted by atomic mass is 16.5. The van der Waals surface area contributed by atoms with Crippen LogP contribution in [0.2, 0.25) is 0 Å². The summed E-state index contributed by atoms with van der Waals surface area (Å²) in [5, 5.41) is 8.91.